The van der Waals surface area contributed by atoms with Crippen molar-refractivity contribution < 1.29 is 8.42 Å². The Bertz CT molecular complexity index is 1310. The van der Waals surface area contributed by atoms with E-state index in [-0.39, 0.29) is 0 Å². The third-order valence-electron chi connectivity index (χ3n) is 6.35. The highest BCUT2D eigenvalue weighted by Gasteiger charge is 2.35. The minimum absolute atomic E-state index is 0.376. The molecule has 1 N–H and O–H groups in total. The van der Waals surface area contributed by atoms with Crippen LogP contribution < -0.4 is 5.01 Å². The van der Waals surface area contributed by atoms with E-state index < -0.39 is 15.1 Å². The van der Waals surface area contributed by atoms with E-state index in [0.29, 0.717) is 31.0 Å². The fourth-order valence-corrected chi connectivity index (χ4v) is 6.26. The number of nitrogens with zero attached hydrogens (tertiary/aromatic N) is 3. The van der Waals surface area contributed by atoms with Crippen molar-refractivity contribution in [2.75, 3.05) is 18.1 Å². The molecule has 0 fully saturated rings. The summed E-state index contributed by atoms with van der Waals surface area (Å²) in [5.74, 6) is 0. The van der Waals surface area contributed by atoms with Crippen LogP contribution in [-0.2, 0) is 29.2 Å². The van der Waals surface area contributed by atoms with Gasteiger partial charge >= 0.3 is 0 Å². The van der Waals surface area contributed by atoms with Crippen LogP contribution in [0.4, 0.5) is 5.69 Å². The molecule has 1 unspecified atom stereocenters. The van der Waals surface area contributed by atoms with E-state index in [4.69, 9.17) is 0 Å². The van der Waals surface area contributed by atoms with E-state index in [1.54, 1.807) is 30.6 Å². The van der Waals surface area contributed by atoms with Gasteiger partial charge < -0.3 is 4.98 Å². The Morgan fingerprint density at radius 2 is 1.62 bits per heavy atom. The minimum Gasteiger partial charge on any atom is -0.351 e. The number of aromatic amines is 1. The van der Waals surface area contributed by atoms with Gasteiger partial charge in [-0.2, -0.15) is 0 Å². The van der Waals surface area contributed by atoms with E-state index in [9.17, 15) is 8.42 Å². The molecule has 1 atom stereocenters. The highest BCUT2D eigenvalue weighted by molar-refractivity contribution is 7.92. The standard InChI is InChI=1S/C27H28N4O2S/c32-34(33,25-12-5-2-6-13-25)26-17-23-11-7-8-14-27(23)31(19-24-18-28-21-29-24)30(20-26)16-15-22-9-3-1-4-10-22/h1-14,18,21,26H,15-17,19-20H2,(H,28,29). The van der Waals surface area contributed by atoms with Crippen LogP contribution >= 0.6 is 0 Å². The Balaban J connectivity index is 1.54. The lowest BCUT2D eigenvalue weighted by Gasteiger charge is -2.36. The summed E-state index contributed by atoms with van der Waals surface area (Å²) in [4.78, 5) is 7.85. The zero-order valence-electron chi connectivity index (χ0n) is 18.9. The number of anilines is 1. The number of fused-ring (bicyclic) bond motifs is 1. The predicted octanol–water partition coefficient (Wildman–Crippen LogP) is 4.27. The zero-order chi connectivity index (χ0) is 23.4. The molecule has 4 aromatic rings. The number of H-pyrrole nitrogens is 1. The number of hydrogen-bond acceptors (Lipinski definition) is 5. The molecule has 1 aromatic heterocycles. The molecule has 0 saturated heterocycles. The summed E-state index contributed by atoms with van der Waals surface area (Å²) < 4.78 is 27.5. The van der Waals surface area contributed by atoms with Gasteiger partial charge in [0, 0.05) is 19.3 Å². The second kappa shape index (κ2) is 9.83. The molecule has 174 valence electrons. The first-order chi connectivity index (χ1) is 16.6. The van der Waals surface area contributed by atoms with Crippen LogP contribution in [0.2, 0.25) is 0 Å². The Labute approximate surface area is 200 Å². The summed E-state index contributed by atoms with van der Waals surface area (Å²) in [7, 11) is -3.52. The van der Waals surface area contributed by atoms with Crippen LogP contribution in [0.1, 0.15) is 16.8 Å². The molecular weight excluding hydrogens is 444 g/mol. The zero-order valence-corrected chi connectivity index (χ0v) is 19.7. The molecule has 0 amide bonds. The van der Waals surface area contributed by atoms with Gasteiger partial charge in [-0.1, -0.05) is 66.7 Å². The third kappa shape index (κ3) is 4.76. The highest BCUT2D eigenvalue weighted by Crippen LogP contribution is 2.32. The molecule has 7 heteroatoms. The molecule has 0 spiro atoms. The first kappa shape index (κ1) is 22.4. The van der Waals surface area contributed by atoms with E-state index in [1.807, 2.05) is 48.7 Å². The van der Waals surface area contributed by atoms with Crippen molar-refractivity contribution in [2.45, 2.75) is 29.5 Å². The molecular formula is C27H28N4O2S. The maximum absolute atomic E-state index is 13.7. The lowest BCUT2D eigenvalue weighted by Crippen LogP contribution is -2.47. The first-order valence-electron chi connectivity index (χ1n) is 11.5. The number of imidazole rings is 1. The largest absolute Gasteiger partial charge is 0.351 e. The number of aromatic nitrogens is 2. The summed E-state index contributed by atoms with van der Waals surface area (Å²) in [6.07, 6.45) is 4.85. The Hall–Kier alpha value is -3.42. The van der Waals surface area contributed by atoms with E-state index in [0.717, 1.165) is 23.4 Å². The van der Waals surface area contributed by atoms with Crippen molar-refractivity contribution in [3.05, 3.63) is 114 Å². The predicted molar refractivity (Wildman–Crippen MR) is 134 cm³/mol. The number of hydrogen-bond donors (Lipinski definition) is 1. The lowest BCUT2D eigenvalue weighted by molar-refractivity contribution is 0.251. The number of sulfone groups is 1. The van der Waals surface area contributed by atoms with Crippen molar-refractivity contribution in [3.63, 3.8) is 0 Å². The molecule has 0 saturated carbocycles. The maximum Gasteiger partial charge on any atom is 0.182 e. The topological polar surface area (TPSA) is 69.3 Å². The van der Waals surface area contributed by atoms with Crippen LogP contribution in [0, 0.1) is 0 Å². The SMILES string of the molecule is O=S(=O)(c1ccccc1)C1Cc2ccccc2N(Cc2c[nH]cn2)N(CCc2ccccc2)C1. The maximum atomic E-state index is 13.7. The number of benzene rings is 3. The quantitative estimate of drug-likeness (QED) is 0.435. The average molecular weight is 473 g/mol. The van der Waals surface area contributed by atoms with Crippen LogP contribution in [0.3, 0.4) is 0 Å². The summed E-state index contributed by atoms with van der Waals surface area (Å²) in [5, 5.41) is 3.84. The fourth-order valence-electron chi connectivity index (χ4n) is 4.57. The van der Waals surface area contributed by atoms with E-state index in [1.165, 1.54) is 5.56 Å². The lowest BCUT2D eigenvalue weighted by atomic mass is 10.1. The fraction of sp³-hybridized carbons (Fsp3) is 0.222. The number of para-hydroxylation sites is 1. The van der Waals surface area contributed by atoms with Gasteiger partial charge in [0.1, 0.15) is 0 Å². The van der Waals surface area contributed by atoms with Gasteiger partial charge in [0.25, 0.3) is 0 Å². The summed E-state index contributed by atoms with van der Waals surface area (Å²) in [6, 6.07) is 27.2. The molecule has 0 bridgehead atoms. The van der Waals surface area contributed by atoms with E-state index in [2.05, 4.69) is 38.2 Å². The molecule has 0 radical (unpaired) electrons. The third-order valence-corrected chi connectivity index (χ3v) is 8.47. The second-order valence-electron chi connectivity index (χ2n) is 8.58. The van der Waals surface area contributed by atoms with Crippen LogP contribution in [0.25, 0.3) is 0 Å². The van der Waals surface area contributed by atoms with Gasteiger partial charge in [-0.05, 0) is 42.2 Å². The molecule has 5 rings (SSSR count). The smallest absolute Gasteiger partial charge is 0.182 e. The summed E-state index contributed by atoms with van der Waals surface area (Å²) >= 11 is 0. The molecule has 3 aromatic carbocycles. The molecule has 34 heavy (non-hydrogen) atoms. The van der Waals surface area contributed by atoms with E-state index >= 15 is 0 Å². The van der Waals surface area contributed by atoms with Crippen molar-refractivity contribution in [3.8, 4) is 0 Å². The first-order valence-corrected chi connectivity index (χ1v) is 13.1. The molecule has 2 heterocycles. The Morgan fingerprint density at radius 3 is 2.35 bits per heavy atom. The molecule has 6 nitrogen and oxygen atoms in total. The molecule has 0 aliphatic carbocycles. The van der Waals surface area contributed by atoms with Gasteiger partial charge in [0.05, 0.1) is 34.4 Å². The monoisotopic (exact) mass is 472 g/mol. The second-order valence-corrected chi connectivity index (χ2v) is 10.8. The van der Waals surface area contributed by atoms with Gasteiger partial charge in [-0.25, -0.2) is 18.4 Å². The van der Waals surface area contributed by atoms with Gasteiger partial charge in [0.15, 0.2) is 9.84 Å². The van der Waals surface area contributed by atoms with Crippen LogP contribution in [0.5, 0.6) is 0 Å². The van der Waals surface area contributed by atoms with Gasteiger partial charge in [-0.15, -0.1) is 0 Å². The number of rotatable bonds is 7. The average Bonchev–Trinajstić information content (AvgIpc) is 3.33. The molecule has 1 aliphatic rings. The van der Waals surface area contributed by atoms with Crippen LogP contribution in [-0.4, -0.2) is 41.7 Å². The van der Waals surface area contributed by atoms with Crippen molar-refractivity contribution in [1.82, 2.24) is 15.0 Å². The van der Waals surface area contributed by atoms with Crippen molar-refractivity contribution in [2.24, 2.45) is 0 Å². The number of hydrazine groups is 1. The molecule has 1 aliphatic heterocycles. The van der Waals surface area contributed by atoms with Crippen LogP contribution in [0.15, 0.2) is 102 Å². The minimum atomic E-state index is -3.52. The Kier molecular flexibility index (Phi) is 6.47. The van der Waals surface area contributed by atoms with Crippen molar-refractivity contribution in [1.29, 1.82) is 0 Å². The van der Waals surface area contributed by atoms with Crippen molar-refractivity contribution >= 4 is 15.5 Å². The summed E-state index contributed by atoms with van der Waals surface area (Å²) in [6.45, 7) is 1.67. The highest BCUT2D eigenvalue weighted by atomic mass is 32.2. The van der Waals surface area contributed by atoms with Gasteiger partial charge in [-0.3, -0.25) is 5.01 Å². The normalized spacial score (nSPS) is 16.7. The summed E-state index contributed by atoms with van der Waals surface area (Å²) in [5.41, 5.74) is 4.19. The van der Waals surface area contributed by atoms with Gasteiger partial charge in [0.2, 0.25) is 0 Å². The Morgan fingerprint density at radius 1 is 0.912 bits per heavy atom. The number of nitrogens with one attached hydrogen (secondary N) is 1.